The van der Waals surface area contributed by atoms with Gasteiger partial charge in [-0.2, -0.15) is 0 Å². The van der Waals surface area contributed by atoms with E-state index in [1.807, 2.05) is 48.5 Å². The first-order chi connectivity index (χ1) is 17.9. The molecule has 0 heterocycles. The minimum atomic E-state index is -4.47. The van der Waals surface area contributed by atoms with Crippen molar-refractivity contribution in [2.24, 2.45) is 0 Å². The third-order valence-electron chi connectivity index (χ3n) is 6.43. The third kappa shape index (κ3) is 10.9. The number of hydrogen-bond acceptors (Lipinski definition) is 8. The number of quaternary nitrogens is 1. The molecule has 0 aliphatic heterocycles. The van der Waals surface area contributed by atoms with E-state index < -0.39 is 10.1 Å². The lowest BCUT2D eigenvalue weighted by Gasteiger charge is -2.33. The van der Waals surface area contributed by atoms with Crippen LogP contribution in [0.1, 0.15) is 25.3 Å². The largest absolute Gasteiger partial charge is 0.744 e. The van der Waals surface area contributed by atoms with E-state index in [0.29, 0.717) is 5.56 Å². The van der Waals surface area contributed by atoms with Crippen LogP contribution >= 0.6 is 0 Å². The Labute approximate surface area is 226 Å². The fourth-order valence-corrected chi connectivity index (χ4v) is 4.60. The molecule has 0 aliphatic rings. The molecular weight excluding hydrogens is 502 g/mol. The molecule has 0 fully saturated rings. The van der Waals surface area contributed by atoms with Crippen LogP contribution in [0.15, 0.2) is 71.6 Å². The Kier molecular flexibility index (Phi) is 11.7. The van der Waals surface area contributed by atoms with Crippen LogP contribution in [-0.2, 0) is 10.1 Å². The van der Waals surface area contributed by atoms with Gasteiger partial charge in [0.25, 0.3) is 0 Å². The molecule has 38 heavy (non-hydrogen) atoms. The summed E-state index contributed by atoms with van der Waals surface area (Å²) in [6, 6.07) is 19.5. The van der Waals surface area contributed by atoms with Crippen LogP contribution in [0, 0.1) is 6.92 Å². The summed E-state index contributed by atoms with van der Waals surface area (Å²) in [5.74, 6) is -0.227. The average molecular weight is 544 g/mol. The zero-order valence-electron chi connectivity index (χ0n) is 22.5. The zero-order valence-corrected chi connectivity index (χ0v) is 23.3. The van der Waals surface area contributed by atoms with E-state index in [9.17, 15) is 13.0 Å². The summed E-state index contributed by atoms with van der Waals surface area (Å²) in [6.45, 7) is 9.26. The standard InChI is InChI=1S/C21H34N5.C7H8O4S/c1-3-26(2,16-4-14-24-20-10-6-18(22)7-11-20)17-5-15-25-21-12-8-19(23)9-13-21;1-5-2-3-6(8)4-7(5)12(9,10)11/h6-13,24-25H,3-5,14-17,22-23H2,1-2H3;2-4,8H,1H3,(H,9,10,11)/q+1;/p-1. The minimum absolute atomic E-state index is 0.227. The number of hydrogen-bond donors (Lipinski definition) is 5. The van der Waals surface area contributed by atoms with Crippen LogP contribution in [0.25, 0.3) is 0 Å². The molecule has 3 aromatic rings. The van der Waals surface area contributed by atoms with Gasteiger partial charge < -0.3 is 36.2 Å². The first-order valence-electron chi connectivity index (χ1n) is 12.7. The number of phenolic OH excluding ortho intramolecular Hbond substituents is 1. The predicted molar refractivity (Wildman–Crippen MR) is 155 cm³/mol. The molecule has 0 amide bonds. The quantitative estimate of drug-likeness (QED) is 0.0984. The zero-order chi connectivity index (χ0) is 28.2. The fourth-order valence-electron chi connectivity index (χ4n) is 3.88. The first kappa shape index (κ1) is 30.8. The van der Waals surface area contributed by atoms with E-state index in [-0.39, 0.29) is 10.6 Å². The number of nitrogens with zero attached hydrogens (tertiary/aromatic N) is 1. The van der Waals surface area contributed by atoms with E-state index in [1.165, 1.54) is 32.1 Å². The third-order valence-corrected chi connectivity index (χ3v) is 7.41. The number of nitrogen functional groups attached to an aromatic ring is 2. The van der Waals surface area contributed by atoms with E-state index in [1.54, 1.807) is 0 Å². The molecule has 0 saturated carbocycles. The average Bonchev–Trinajstić information content (AvgIpc) is 2.88. The summed E-state index contributed by atoms with van der Waals surface area (Å²) in [4.78, 5) is -0.373. The van der Waals surface area contributed by atoms with Crippen LogP contribution in [0.3, 0.4) is 0 Å². The Hall–Kier alpha value is -3.47. The first-order valence-corrected chi connectivity index (χ1v) is 14.1. The number of anilines is 4. The molecule has 3 rings (SSSR count). The number of nitrogens with one attached hydrogen (secondary N) is 2. The van der Waals surface area contributed by atoms with Crippen LogP contribution in [0.4, 0.5) is 22.7 Å². The van der Waals surface area contributed by atoms with E-state index in [0.717, 1.165) is 65.8 Å². The van der Waals surface area contributed by atoms with Gasteiger partial charge in [-0.05, 0) is 80.1 Å². The second-order valence-electron chi connectivity index (χ2n) is 9.59. The van der Waals surface area contributed by atoms with Gasteiger partial charge in [0.2, 0.25) is 0 Å². The van der Waals surface area contributed by atoms with Crippen LogP contribution in [0.2, 0.25) is 0 Å². The van der Waals surface area contributed by atoms with Crippen molar-refractivity contribution in [1.29, 1.82) is 0 Å². The van der Waals surface area contributed by atoms with Crippen molar-refractivity contribution in [2.75, 3.05) is 61.9 Å². The second kappa shape index (κ2) is 14.5. The summed E-state index contributed by atoms with van der Waals surface area (Å²) in [5.41, 5.74) is 15.7. The summed E-state index contributed by atoms with van der Waals surface area (Å²) in [6.07, 6.45) is 2.31. The molecule has 7 N–H and O–H groups in total. The summed E-state index contributed by atoms with van der Waals surface area (Å²) >= 11 is 0. The van der Waals surface area contributed by atoms with Gasteiger partial charge in [0.05, 0.1) is 31.6 Å². The van der Waals surface area contributed by atoms with Crippen molar-refractivity contribution in [3.05, 3.63) is 72.3 Å². The van der Waals surface area contributed by atoms with Crippen molar-refractivity contribution in [3.63, 3.8) is 0 Å². The van der Waals surface area contributed by atoms with Crippen LogP contribution in [0.5, 0.6) is 5.75 Å². The smallest absolute Gasteiger partial charge is 0.124 e. The lowest BCUT2D eigenvalue weighted by atomic mass is 10.2. The highest BCUT2D eigenvalue weighted by molar-refractivity contribution is 7.85. The number of benzene rings is 3. The van der Waals surface area contributed by atoms with Crippen molar-refractivity contribution >= 4 is 32.9 Å². The Bertz CT molecular complexity index is 1180. The molecule has 3 aromatic carbocycles. The molecule has 0 atom stereocenters. The van der Waals surface area contributed by atoms with Gasteiger partial charge in [-0.1, -0.05) is 6.07 Å². The maximum absolute atomic E-state index is 10.5. The number of aromatic hydroxyl groups is 1. The molecular formula is C28H41N5O4S. The van der Waals surface area contributed by atoms with Gasteiger partial charge in [0, 0.05) is 48.7 Å². The minimum Gasteiger partial charge on any atom is -0.744 e. The molecule has 0 aliphatic carbocycles. The molecule has 9 nitrogen and oxygen atoms in total. The highest BCUT2D eigenvalue weighted by Crippen LogP contribution is 2.20. The molecule has 0 spiro atoms. The number of rotatable bonds is 12. The second-order valence-corrected chi connectivity index (χ2v) is 10.9. The lowest BCUT2D eigenvalue weighted by Crippen LogP contribution is -2.46. The fraction of sp³-hybridized carbons (Fsp3) is 0.357. The Balaban J connectivity index is 0.000000352. The van der Waals surface area contributed by atoms with E-state index >= 15 is 0 Å². The molecule has 0 bridgehead atoms. The summed E-state index contributed by atoms with van der Waals surface area (Å²) < 4.78 is 32.7. The Morgan fingerprint density at radius 2 is 1.29 bits per heavy atom. The summed E-state index contributed by atoms with van der Waals surface area (Å²) in [5, 5.41) is 15.8. The van der Waals surface area contributed by atoms with E-state index in [4.69, 9.17) is 16.6 Å². The van der Waals surface area contributed by atoms with Crippen molar-refractivity contribution < 1.29 is 22.6 Å². The van der Waals surface area contributed by atoms with Gasteiger partial charge in [-0.25, -0.2) is 8.42 Å². The van der Waals surface area contributed by atoms with Crippen molar-refractivity contribution in [3.8, 4) is 5.75 Å². The molecule has 0 aromatic heterocycles. The maximum atomic E-state index is 10.5. The van der Waals surface area contributed by atoms with E-state index in [2.05, 4.69) is 24.6 Å². The van der Waals surface area contributed by atoms with Gasteiger partial charge in [-0.15, -0.1) is 0 Å². The topological polar surface area (TPSA) is 154 Å². The molecule has 208 valence electrons. The Morgan fingerprint density at radius 1 is 0.842 bits per heavy atom. The monoisotopic (exact) mass is 543 g/mol. The highest BCUT2D eigenvalue weighted by Gasteiger charge is 2.17. The molecule has 0 radical (unpaired) electrons. The molecule has 10 heteroatoms. The number of phenols is 1. The predicted octanol–water partition coefficient (Wildman–Crippen LogP) is 4.23. The van der Waals surface area contributed by atoms with Gasteiger partial charge in [0.15, 0.2) is 0 Å². The lowest BCUT2D eigenvalue weighted by molar-refractivity contribution is -0.907. The SMILES string of the molecule is CC[N+](C)(CCCNc1ccc(N)cc1)CCCNc1ccc(N)cc1.Cc1ccc(O)cc1S(=O)(=O)[O-]. The van der Waals surface area contributed by atoms with Crippen LogP contribution in [-0.4, -0.2) is 62.3 Å². The normalized spacial score (nSPS) is 11.4. The van der Waals surface area contributed by atoms with Gasteiger partial charge >= 0.3 is 0 Å². The maximum Gasteiger partial charge on any atom is 0.124 e. The number of nitrogens with two attached hydrogens (primary N) is 2. The molecule has 0 saturated heterocycles. The van der Waals surface area contributed by atoms with Gasteiger partial charge in [0.1, 0.15) is 15.9 Å². The van der Waals surface area contributed by atoms with Crippen molar-refractivity contribution in [2.45, 2.75) is 31.6 Å². The Morgan fingerprint density at radius 3 is 1.66 bits per heavy atom. The highest BCUT2D eigenvalue weighted by atomic mass is 32.2. The van der Waals surface area contributed by atoms with Crippen molar-refractivity contribution in [1.82, 2.24) is 0 Å². The van der Waals surface area contributed by atoms with Gasteiger partial charge in [-0.3, -0.25) is 0 Å². The number of aryl methyl sites for hydroxylation is 1. The van der Waals surface area contributed by atoms with Crippen LogP contribution < -0.4 is 22.1 Å². The summed E-state index contributed by atoms with van der Waals surface area (Å²) in [7, 11) is -2.11. The molecule has 0 unspecified atom stereocenters.